The average Bonchev–Trinajstić information content (AvgIpc) is 2.20. The molecule has 0 aliphatic rings. The van der Waals surface area contributed by atoms with Gasteiger partial charge in [0.05, 0.1) is 7.11 Å². The zero-order chi connectivity index (χ0) is 15.4. The Hall–Kier alpha value is -1.40. The van der Waals surface area contributed by atoms with E-state index < -0.39 is 36.0 Å². The third-order valence-electron chi connectivity index (χ3n) is 2.17. The van der Waals surface area contributed by atoms with E-state index in [1.807, 2.05) is 0 Å². The number of esters is 1. The van der Waals surface area contributed by atoms with E-state index in [2.05, 4.69) is 4.74 Å². The van der Waals surface area contributed by atoms with Gasteiger partial charge in [-0.3, -0.25) is 4.90 Å². The van der Waals surface area contributed by atoms with E-state index in [4.69, 9.17) is 4.74 Å². The van der Waals surface area contributed by atoms with Crippen LogP contribution in [0, 0.1) is 0 Å². The summed E-state index contributed by atoms with van der Waals surface area (Å²) in [6.45, 7) is 5.59. The van der Waals surface area contributed by atoms with Gasteiger partial charge < -0.3 is 9.47 Å². The summed E-state index contributed by atoms with van der Waals surface area (Å²) < 4.78 is 35.6. The number of ether oxygens (including phenoxy) is 2. The highest BCUT2D eigenvalue weighted by molar-refractivity contribution is 5.81. The molecule has 0 saturated carbocycles. The first-order valence-corrected chi connectivity index (χ1v) is 5.79. The van der Waals surface area contributed by atoms with Crippen LogP contribution in [-0.2, 0) is 14.3 Å². The van der Waals surface area contributed by atoms with Crippen molar-refractivity contribution >= 4 is 12.1 Å². The van der Waals surface area contributed by atoms with Gasteiger partial charge in [0.2, 0.25) is 5.92 Å². The third kappa shape index (κ3) is 6.93. The van der Waals surface area contributed by atoms with Crippen LogP contribution in [0.2, 0.25) is 0 Å². The van der Waals surface area contributed by atoms with Crippen molar-refractivity contribution in [3.8, 4) is 0 Å². The Labute approximate surface area is 111 Å². The van der Waals surface area contributed by atoms with Gasteiger partial charge in [0.25, 0.3) is 0 Å². The summed E-state index contributed by atoms with van der Waals surface area (Å²) in [5.41, 5.74) is -0.777. The number of methoxy groups -OCH3 is 1. The lowest BCUT2D eigenvalue weighted by molar-refractivity contribution is -0.149. The minimum absolute atomic E-state index is 0.672. The zero-order valence-corrected chi connectivity index (χ0v) is 12.1. The molecule has 0 spiro atoms. The minimum atomic E-state index is -3.10. The molecule has 0 fully saturated rings. The van der Waals surface area contributed by atoms with Crippen LogP contribution < -0.4 is 0 Å². The summed E-state index contributed by atoms with van der Waals surface area (Å²) in [6.07, 6.45) is -1.68. The number of hydrogen-bond donors (Lipinski definition) is 0. The van der Waals surface area contributed by atoms with Crippen LogP contribution >= 0.6 is 0 Å². The second-order valence-electron chi connectivity index (χ2n) is 5.40. The summed E-state index contributed by atoms with van der Waals surface area (Å²) in [5.74, 6) is -4.01. The maximum atomic E-state index is 13.0. The van der Waals surface area contributed by atoms with Crippen molar-refractivity contribution < 1.29 is 27.8 Å². The lowest BCUT2D eigenvalue weighted by atomic mass is 10.1. The number of likely N-dealkylation sites (N-methyl/N-ethyl adjacent to an activating group) is 1. The number of carbonyl (C=O) groups is 2. The standard InChI is InChI=1S/C12H21F2NO4/c1-11(2,3)19-10(17)15(5)8(9(16)18-6)7-12(4,13)14/h8H,7H2,1-6H3/t8-/m1/s1. The normalized spacial score (nSPS) is 13.7. The second-order valence-corrected chi connectivity index (χ2v) is 5.40. The van der Waals surface area contributed by atoms with E-state index in [1.54, 1.807) is 20.8 Å². The molecular weight excluding hydrogens is 260 g/mol. The molecule has 0 saturated heterocycles. The topological polar surface area (TPSA) is 55.8 Å². The fourth-order valence-corrected chi connectivity index (χ4v) is 1.32. The van der Waals surface area contributed by atoms with E-state index in [0.29, 0.717) is 6.92 Å². The molecule has 1 atom stereocenters. The molecule has 112 valence electrons. The molecule has 0 heterocycles. The minimum Gasteiger partial charge on any atom is -0.467 e. The highest BCUT2D eigenvalue weighted by Gasteiger charge is 2.37. The van der Waals surface area contributed by atoms with Crippen molar-refractivity contribution in [2.75, 3.05) is 14.2 Å². The van der Waals surface area contributed by atoms with Crippen LogP contribution in [0.1, 0.15) is 34.1 Å². The zero-order valence-electron chi connectivity index (χ0n) is 12.1. The van der Waals surface area contributed by atoms with Gasteiger partial charge in [0.1, 0.15) is 11.6 Å². The van der Waals surface area contributed by atoms with E-state index in [1.165, 1.54) is 7.05 Å². The van der Waals surface area contributed by atoms with Crippen LogP contribution in [0.3, 0.4) is 0 Å². The number of carbonyl (C=O) groups excluding carboxylic acids is 2. The molecule has 19 heavy (non-hydrogen) atoms. The van der Waals surface area contributed by atoms with E-state index >= 15 is 0 Å². The van der Waals surface area contributed by atoms with Crippen molar-refractivity contribution in [3.05, 3.63) is 0 Å². The van der Waals surface area contributed by atoms with Crippen LogP contribution in [0.5, 0.6) is 0 Å². The molecule has 0 unspecified atom stereocenters. The fourth-order valence-electron chi connectivity index (χ4n) is 1.32. The number of nitrogens with zero attached hydrogens (tertiary/aromatic N) is 1. The molecule has 0 aromatic heterocycles. The van der Waals surface area contributed by atoms with Gasteiger partial charge in [-0.1, -0.05) is 0 Å². The molecule has 0 aromatic rings. The molecule has 0 rings (SSSR count). The molecule has 0 aliphatic heterocycles. The van der Waals surface area contributed by atoms with Crippen LogP contribution in [0.25, 0.3) is 0 Å². The number of halogens is 2. The lowest BCUT2D eigenvalue weighted by Gasteiger charge is -2.30. The predicted molar refractivity (Wildman–Crippen MR) is 65.0 cm³/mol. The number of alkyl halides is 2. The molecule has 5 nitrogen and oxygen atoms in total. The predicted octanol–water partition coefficient (Wildman–Crippen LogP) is 2.44. The Morgan fingerprint density at radius 3 is 2.00 bits per heavy atom. The number of hydrogen-bond acceptors (Lipinski definition) is 4. The highest BCUT2D eigenvalue weighted by Crippen LogP contribution is 2.23. The number of amides is 1. The largest absolute Gasteiger partial charge is 0.467 e. The van der Waals surface area contributed by atoms with Gasteiger partial charge in [-0.15, -0.1) is 0 Å². The van der Waals surface area contributed by atoms with Crippen molar-refractivity contribution in [3.63, 3.8) is 0 Å². The molecule has 0 radical (unpaired) electrons. The smallest absolute Gasteiger partial charge is 0.410 e. The van der Waals surface area contributed by atoms with Crippen molar-refractivity contribution in [1.82, 2.24) is 4.90 Å². The van der Waals surface area contributed by atoms with Crippen LogP contribution in [0.4, 0.5) is 13.6 Å². The Kier molecular flexibility index (Phi) is 5.71. The van der Waals surface area contributed by atoms with E-state index in [0.717, 1.165) is 12.0 Å². The summed E-state index contributed by atoms with van der Waals surface area (Å²) in [7, 11) is 2.30. The van der Waals surface area contributed by atoms with Crippen molar-refractivity contribution in [2.45, 2.75) is 51.7 Å². The molecular formula is C12H21F2NO4. The van der Waals surface area contributed by atoms with Crippen molar-refractivity contribution in [1.29, 1.82) is 0 Å². The van der Waals surface area contributed by atoms with Crippen LogP contribution in [-0.4, -0.2) is 48.7 Å². The van der Waals surface area contributed by atoms with Gasteiger partial charge >= 0.3 is 12.1 Å². The third-order valence-corrected chi connectivity index (χ3v) is 2.17. The summed E-state index contributed by atoms with van der Waals surface area (Å²) in [4.78, 5) is 24.1. The SMILES string of the molecule is COC(=O)[C@@H](CC(C)(F)F)N(C)C(=O)OC(C)(C)C. The first kappa shape index (κ1) is 17.6. The Bertz CT molecular complexity index is 334. The molecule has 0 bridgehead atoms. The highest BCUT2D eigenvalue weighted by atomic mass is 19.3. The monoisotopic (exact) mass is 281 g/mol. The second kappa shape index (κ2) is 6.16. The first-order chi connectivity index (χ1) is 8.37. The maximum Gasteiger partial charge on any atom is 0.410 e. The molecule has 1 amide bonds. The summed E-state index contributed by atoms with van der Waals surface area (Å²) in [5, 5.41) is 0. The Balaban J connectivity index is 4.96. The van der Waals surface area contributed by atoms with Crippen molar-refractivity contribution in [2.24, 2.45) is 0 Å². The first-order valence-electron chi connectivity index (χ1n) is 5.79. The quantitative estimate of drug-likeness (QED) is 0.743. The average molecular weight is 281 g/mol. The molecule has 0 aliphatic carbocycles. The van der Waals surface area contributed by atoms with Gasteiger partial charge in [0.15, 0.2) is 0 Å². The van der Waals surface area contributed by atoms with Gasteiger partial charge in [0, 0.05) is 13.5 Å². The Morgan fingerprint density at radius 1 is 1.21 bits per heavy atom. The number of rotatable bonds is 4. The fraction of sp³-hybridized carbons (Fsp3) is 0.833. The van der Waals surface area contributed by atoms with Gasteiger partial charge in [-0.05, 0) is 27.7 Å². The molecule has 0 N–H and O–H groups in total. The van der Waals surface area contributed by atoms with E-state index in [9.17, 15) is 18.4 Å². The maximum absolute atomic E-state index is 13.0. The van der Waals surface area contributed by atoms with E-state index in [-0.39, 0.29) is 0 Å². The Morgan fingerprint density at radius 2 is 1.68 bits per heavy atom. The summed E-state index contributed by atoms with van der Waals surface area (Å²) >= 11 is 0. The van der Waals surface area contributed by atoms with Gasteiger partial charge in [-0.25, -0.2) is 18.4 Å². The lowest BCUT2D eigenvalue weighted by Crippen LogP contribution is -2.47. The molecule has 0 aromatic carbocycles. The van der Waals surface area contributed by atoms with Crippen LogP contribution in [0.15, 0.2) is 0 Å². The van der Waals surface area contributed by atoms with Gasteiger partial charge in [-0.2, -0.15) is 0 Å². The summed E-state index contributed by atoms with van der Waals surface area (Å²) in [6, 6.07) is -1.39. The molecule has 7 heteroatoms.